The molecule has 0 saturated carbocycles. The molecule has 0 amide bonds. The second kappa shape index (κ2) is 6.50. The summed E-state index contributed by atoms with van der Waals surface area (Å²) in [5.41, 5.74) is 1.16. The van der Waals surface area contributed by atoms with Gasteiger partial charge in [0.05, 0.1) is 17.7 Å². The highest BCUT2D eigenvalue weighted by molar-refractivity contribution is 7.87. The number of hydrogen-bond donors (Lipinski definition) is 0. The molecule has 2 aromatic carbocycles. The summed E-state index contributed by atoms with van der Waals surface area (Å²) >= 11 is 6.00. The lowest BCUT2D eigenvalue weighted by molar-refractivity contribution is 0.0600. The Kier molecular flexibility index (Phi) is 4.53. The zero-order chi connectivity index (χ0) is 18.2. The topological polar surface area (TPSA) is 86.7 Å². The van der Waals surface area contributed by atoms with Crippen LogP contribution in [0.1, 0.15) is 32.7 Å². The van der Waals surface area contributed by atoms with Crippen LogP contribution in [0.25, 0.3) is 0 Å². The van der Waals surface area contributed by atoms with E-state index in [-0.39, 0.29) is 27.0 Å². The lowest BCUT2D eigenvalue weighted by Gasteiger charge is -2.12. The molecular weight excluding hydrogens is 368 g/mol. The summed E-state index contributed by atoms with van der Waals surface area (Å²) in [6.45, 7) is 0. The molecule has 0 atom stereocenters. The number of methoxy groups -OCH3 is 1. The van der Waals surface area contributed by atoms with Gasteiger partial charge in [-0.1, -0.05) is 23.7 Å². The van der Waals surface area contributed by atoms with Crippen molar-refractivity contribution in [1.82, 2.24) is 0 Å². The number of Topliss-reactive ketones (excluding diaryl/α,β-unsaturated/α-hetero) is 1. The van der Waals surface area contributed by atoms with E-state index in [1.165, 1.54) is 31.4 Å². The van der Waals surface area contributed by atoms with Gasteiger partial charge < -0.3 is 8.92 Å². The van der Waals surface area contributed by atoms with Crippen LogP contribution in [0.3, 0.4) is 0 Å². The number of rotatable bonds is 4. The molecule has 0 unspecified atom stereocenters. The van der Waals surface area contributed by atoms with Crippen molar-refractivity contribution in [2.24, 2.45) is 0 Å². The van der Waals surface area contributed by atoms with Gasteiger partial charge in [0.25, 0.3) is 0 Å². The second-order valence-electron chi connectivity index (χ2n) is 5.38. The maximum absolute atomic E-state index is 12.5. The zero-order valence-electron chi connectivity index (χ0n) is 13.1. The fourth-order valence-electron chi connectivity index (χ4n) is 2.65. The Morgan fingerprint density at radius 2 is 1.92 bits per heavy atom. The van der Waals surface area contributed by atoms with Crippen molar-refractivity contribution in [3.63, 3.8) is 0 Å². The van der Waals surface area contributed by atoms with Crippen LogP contribution in [-0.2, 0) is 21.3 Å². The van der Waals surface area contributed by atoms with Crippen LogP contribution in [0.15, 0.2) is 41.3 Å². The number of benzene rings is 2. The Hall–Kier alpha value is -2.38. The lowest BCUT2D eigenvalue weighted by atomic mass is 10.1. The average molecular weight is 381 g/mol. The van der Waals surface area contributed by atoms with Gasteiger partial charge in [-0.2, -0.15) is 8.42 Å². The SMILES string of the molecule is COC(=O)c1ccc(S(=O)(=O)Oc2cccc3c2CCC3=O)c(Cl)c1. The van der Waals surface area contributed by atoms with E-state index in [1.807, 2.05) is 0 Å². The summed E-state index contributed by atoms with van der Waals surface area (Å²) in [7, 11) is -3.02. The van der Waals surface area contributed by atoms with Gasteiger partial charge in [0.15, 0.2) is 5.78 Å². The Morgan fingerprint density at radius 3 is 2.60 bits per heavy atom. The van der Waals surface area contributed by atoms with Crippen molar-refractivity contribution >= 4 is 33.5 Å². The van der Waals surface area contributed by atoms with Gasteiger partial charge in [-0.25, -0.2) is 4.79 Å². The molecule has 6 nitrogen and oxygen atoms in total. The molecule has 130 valence electrons. The van der Waals surface area contributed by atoms with Gasteiger partial charge in [-0.3, -0.25) is 4.79 Å². The quantitative estimate of drug-likeness (QED) is 0.598. The molecule has 0 radical (unpaired) electrons. The number of carbonyl (C=O) groups excluding carboxylic acids is 2. The van der Waals surface area contributed by atoms with Gasteiger partial charge in [0.2, 0.25) is 0 Å². The normalized spacial score (nSPS) is 13.4. The summed E-state index contributed by atoms with van der Waals surface area (Å²) in [5.74, 6) is -0.569. The van der Waals surface area contributed by atoms with Crippen LogP contribution in [0.2, 0.25) is 5.02 Å². The summed E-state index contributed by atoms with van der Waals surface area (Å²) in [6, 6.07) is 8.36. The Labute approximate surface area is 149 Å². The smallest absolute Gasteiger partial charge is 0.340 e. The van der Waals surface area contributed by atoms with Crippen LogP contribution in [-0.4, -0.2) is 27.3 Å². The molecule has 0 heterocycles. The first-order chi connectivity index (χ1) is 11.8. The average Bonchev–Trinajstić information content (AvgIpc) is 2.96. The first kappa shape index (κ1) is 17.4. The van der Waals surface area contributed by atoms with E-state index in [2.05, 4.69) is 4.74 Å². The van der Waals surface area contributed by atoms with Crippen LogP contribution in [0.4, 0.5) is 0 Å². The molecule has 8 heteroatoms. The molecule has 0 aliphatic heterocycles. The molecule has 0 fully saturated rings. The maximum atomic E-state index is 12.5. The minimum absolute atomic E-state index is 0.0432. The van der Waals surface area contributed by atoms with E-state index in [4.69, 9.17) is 15.8 Å². The number of esters is 1. The van der Waals surface area contributed by atoms with Gasteiger partial charge in [0.1, 0.15) is 10.6 Å². The van der Waals surface area contributed by atoms with Gasteiger partial charge in [-0.15, -0.1) is 0 Å². The summed E-state index contributed by atoms with van der Waals surface area (Å²) < 4.78 is 34.9. The van der Waals surface area contributed by atoms with E-state index in [1.54, 1.807) is 12.1 Å². The van der Waals surface area contributed by atoms with Crippen molar-refractivity contribution in [3.05, 3.63) is 58.1 Å². The molecule has 3 rings (SSSR count). The van der Waals surface area contributed by atoms with Crippen molar-refractivity contribution in [1.29, 1.82) is 0 Å². The third-order valence-electron chi connectivity index (χ3n) is 3.86. The Morgan fingerprint density at radius 1 is 1.16 bits per heavy atom. The van der Waals surface area contributed by atoms with E-state index in [0.717, 1.165) is 0 Å². The molecule has 1 aliphatic rings. The van der Waals surface area contributed by atoms with Gasteiger partial charge >= 0.3 is 16.1 Å². The minimum atomic E-state index is -4.23. The summed E-state index contributed by atoms with van der Waals surface area (Å²) in [6.07, 6.45) is 0.749. The first-order valence-corrected chi connectivity index (χ1v) is 9.09. The fourth-order valence-corrected chi connectivity index (χ4v) is 4.13. The van der Waals surface area contributed by atoms with Crippen molar-refractivity contribution in [2.45, 2.75) is 17.7 Å². The highest BCUT2D eigenvalue weighted by Crippen LogP contribution is 2.33. The molecule has 0 saturated heterocycles. The largest absolute Gasteiger partial charge is 0.465 e. The molecular formula is C17H13ClO6S. The van der Waals surface area contributed by atoms with E-state index in [9.17, 15) is 18.0 Å². The molecule has 25 heavy (non-hydrogen) atoms. The molecule has 0 N–H and O–H groups in total. The third-order valence-corrected chi connectivity index (χ3v) is 5.58. The van der Waals surface area contributed by atoms with Gasteiger partial charge in [0, 0.05) is 17.5 Å². The maximum Gasteiger partial charge on any atom is 0.340 e. The molecule has 0 aromatic heterocycles. The van der Waals surface area contributed by atoms with Crippen LogP contribution in [0.5, 0.6) is 5.75 Å². The number of ether oxygens (including phenoxy) is 1. The number of hydrogen-bond acceptors (Lipinski definition) is 6. The first-order valence-electron chi connectivity index (χ1n) is 7.31. The van der Waals surface area contributed by atoms with Crippen molar-refractivity contribution < 1.29 is 26.9 Å². The number of ketones is 1. The highest BCUT2D eigenvalue weighted by atomic mass is 35.5. The Balaban J connectivity index is 1.96. The molecule has 1 aliphatic carbocycles. The summed E-state index contributed by atoms with van der Waals surface area (Å²) in [4.78, 5) is 23.0. The van der Waals surface area contributed by atoms with Crippen LogP contribution in [0, 0.1) is 0 Å². The number of fused-ring (bicyclic) bond motifs is 1. The minimum Gasteiger partial charge on any atom is -0.465 e. The van der Waals surface area contributed by atoms with Crippen molar-refractivity contribution in [3.8, 4) is 5.75 Å². The second-order valence-corrected chi connectivity index (χ2v) is 7.30. The monoisotopic (exact) mass is 380 g/mol. The van der Waals surface area contributed by atoms with Crippen molar-refractivity contribution in [2.75, 3.05) is 7.11 Å². The predicted molar refractivity (Wildman–Crippen MR) is 89.7 cm³/mol. The zero-order valence-corrected chi connectivity index (χ0v) is 14.7. The van der Waals surface area contributed by atoms with E-state index < -0.39 is 16.1 Å². The molecule has 0 spiro atoms. The highest BCUT2D eigenvalue weighted by Gasteiger charge is 2.27. The Bertz CT molecular complexity index is 981. The number of carbonyl (C=O) groups is 2. The number of halogens is 1. The predicted octanol–water partition coefficient (Wildman–Crippen LogP) is 3.02. The standard InChI is InChI=1S/C17H13ClO6S/c1-23-17(20)10-5-8-16(13(18)9-10)25(21,22)24-15-4-2-3-11-12(15)6-7-14(11)19/h2-5,8-9H,6-7H2,1H3. The van der Waals surface area contributed by atoms with Crippen LogP contribution < -0.4 is 4.18 Å². The van der Waals surface area contributed by atoms with Crippen LogP contribution >= 0.6 is 11.6 Å². The third kappa shape index (κ3) is 3.25. The molecule has 2 aromatic rings. The molecule has 0 bridgehead atoms. The fraction of sp³-hybridized carbons (Fsp3) is 0.176. The lowest BCUT2D eigenvalue weighted by Crippen LogP contribution is -2.12. The van der Waals surface area contributed by atoms with Gasteiger partial charge in [-0.05, 0) is 30.7 Å². The van der Waals surface area contributed by atoms with E-state index in [0.29, 0.717) is 24.0 Å². The van der Waals surface area contributed by atoms with E-state index >= 15 is 0 Å². The summed E-state index contributed by atoms with van der Waals surface area (Å²) in [5, 5.41) is -0.161.